The number of pyridine rings is 1. The van der Waals surface area contributed by atoms with Gasteiger partial charge in [0.15, 0.2) is 0 Å². The van der Waals surface area contributed by atoms with Crippen LogP contribution >= 0.6 is 34.2 Å². The van der Waals surface area contributed by atoms with Crippen LogP contribution in [-0.2, 0) is 0 Å². The zero-order valence-electron chi connectivity index (χ0n) is 5.81. The summed E-state index contributed by atoms with van der Waals surface area (Å²) in [5.74, 6) is -0.334. The maximum absolute atomic E-state index is 12.9. The molecule has 0 saturated carbocycles. The molecule has 0 radical (unpaired) electrons. The van der Waals surface area contributed by atoms with Crippen LogP contribution in [0.5, 0.6) is 0 Å². The fourth-order valence-corrected chi connectivity index (χ4v) is 1.32. The van der Waals surface area contributed by atoms with E-state index in [-0.39, 0.29) is 9.74 Å². The molecule has 0 saturated heterocycles. The summed E-state index contributed by atoms with van der Waals surface area (Å²) in [6.45, 7) is 1.87. The van der Waals surface area contributed by atoms with E-state index in [0.29, 0.717) is 10.7 Å². The van der Waals surface area contributed by atoms with Crippen molar-refractivity contribution in [3.05, 3.63) is 28.8 Å². The SMILES string of the molecule is CC(I)c1ncc(Cl)cc1F. The van der Waals surface area contributed by atoms with Gasteiger partial charge in [0.05, 0.1) is 14.6 Å². The van der Waals surface area contributed by atoms with Gasteiger partial charge < -0.3 is 0 Å². The van der Waals surface area contributed by atoms with Gasteiger partial charge in [0.2, 0.25) is 0 Å². The van der Waals surface area contributed by atoms with Crippen molar-refractivity contribution >= 4 is 34.2 Å². The van der Waals surface area contributed by atoms with Gasteiger partial charge in [0.25, 0.3) is 0 Å². The Kier molecular flexibility index (Phi) is 3.06. The van der Waals surface area contributed by atoms with Crippen LogP contribution in [0.3, 0.4) is 0 Å². The Morgan fingerprint density at radius 1 is 1.73 bits per heavy atom. The standard InChI is InChI=1S/C7H6ClFIN/c1-4(10)7-6(9)2-5(8)3-11-7/h2-4H,1H3. The lowest BCUT2D eigenvalue weighted by Crippen LogP contribution is -1.93. The van der Waals surface area contributed by atoms with Gasteiger partial charge in [-0.1, -0.05) is 34.2 Å². The molecule has 1 atom stereocenters. The molecule has 60 valence electrons. The first-order valence-corrected chi connectivity index (χ1v) is 4.68. The molecule has 0 amide bonds. The smallest absolute Gasteiger partial charge is 0.147 e. The Morgan fingerprint density at radius 3 is 2.82 bits per heavy atom. The van der Waals surface area contributed by atoms with E-state index in [1.54, 1.807) is 0 Å². The molecule has 1 nitrogen and oxygen atoms in total. The van der Waals surface area contributed by atoms with E-state index >= 15 is 0 Å². The van der Waals surface area contributed by atoms with Crippen LogP contribution in [0, 0.1) is 5.82 Å². The zero-order valence-corrected chi connectivity index (χ0v) is 8.73. The van der Waals surface area contributed by atoms with E-state index in [1.165, 1.54) is 12.3 Å². The van der Waals surface area contributed by atoms with Gasteiger partial charge in [-0.15, -0.1) is 0 Å². The quantitative estimate of drug-likeness (QED) is 0.569. The lowest BCUT2D eigenvalue weighted by atomic mass is 10.3. The second kappa shape index (κ2) is 3.67. The van der Waals surface area contributed by atoms with Gasteiger partial charge in [-0.3, -0.25) is 4.98 Å². The number of nitrogens with zero attached hydrogens (tertiary/aromatic N) is 1. The van der Waals surface area contributed by atoms with Crippen LogP contribution in [0.25, 0.3) is 0 Å². The molecule has 0 N–H and O–H groups in total. The number of aromatic nitrogens is 1. The third-order valence-electron chi connectivity index (χ3n) is 1.21. The lowest BCUT2D eigenvalue weighted by molar-refractivity contribution is 0.602. The fraction of sp³-hybridized carbons (Fsp3) is 0.286. The normalized spacial score (nSPS) is 13.1. The van der Waals surface area contributed by atoms with Gasteiger partial charge in [0, 0.05) is 6.20 Å². The number of halogens is 3. The molecule has 0 aliphatic rings. The first kappa shape index (κ1) is 9.19. The minimum absolute atomic E-state index is 0.0740. The van der Waals surface area contributed by atoms with E-state index in [2.05, 4.69) is 27.6 Å². The number of alkyl halides is 1. The second-order valence-electron chi connectivity index (χ2n) is 2.14. The molecule has 4 heteroatoms. The monoisotopic (exact) mass is 285 g/mol. The van der Waals surface area contributed by atoms with Crippen LogP contribution in [0.4, 0.5) is 4.39 Å². The first-order valence-electron chi connectivity index (χ1n) is 3.06. The number of hydrogen-bond donors (Lipinski definition) is 0. The van der Waals surface area contributed by atoms with Crippen molar-refractivity contribution in [2.24, 2.45) is 0 Å². The van der Waals surface area contributed by atoms with Crippen molar-refractivity contribution in [3.8, 4) is 0 Å². The highest BCUT2D eigenvalue weighted by Gasteiger charge is 2.08. The molecule has 0 bridgehead atoms. The van der Waals surface area contributed by atoms with E-state index < -0.39 is 0 Å². The van der Waals surface area contributed by atoms with Crippen LogP contribution in [-0.4, -0.2) is 4.98 Å². The van der Waals surface area contributed by atoms with Crippen LogP contribution < -0.4 is 0 Å². The average molecular weight is 285 g/mol. The molecule has 1 aromatic heterocycles. The summed E-state index contributed by atoms with van der Waals surface area (Å²) in [6, 6.07) is 1.28. The Morgan fingerprint density at radius 2 is 2.36 bits per heavy atom. The minimum atomic E-state index is -0.334. The molecule has 0 spiro atoms. The minimum Gasteiger partial charge on any atom is -0.256 e. The molecule has 1 aromatic rings. The van der Waals surface area contributed by atoms with E-state index in [0.717, 1.165) is 0 Å². The van der Waals surface area contributed by atoms with Crippen LogP contribution in [0.15, 0.2) is 12.3 Å². The average Bonchev–Trinajstić information content (AvgIpc) is 1.85. The van der Waals surface area contributed by atoms with Gasteiger partial charge in [-0.25, -0.2) is 4.39 Å². The lowest BCUT2D eigenvalue weighted by Gasteiger charge is -2.02. The highest BCUT2D eigenvalue weighted by atomic mass is 127. The Hall–Kier alpha value is 0.1000. The van der Waals surface area contributed by atoms with Crippen molar-refractivity contribution in [2.45, 2.75) is 10.8 Å². The predicted octanol–water partition coefficient (Wildman–Crippen LogP) is 3.37. The fourth-order valence-electron chi connectivity index (χ4n) is 0.718. The van der Waals surface area contributed by atoms with Gasteiger partial charge in [-0.05, 0) is 13.0 Å². The first-order chi connectivity index (χ1) is 5.11. The number of hydrogen-bond acceptors (Lipinski definition) is 1. The topological polar surface area (TPSA) is 12.9 Å². The summed E-state index contributed by atoms with van der Waals surface area (Å²) in [5.41, 5.74) is 0.454. The van der Waals surface area contributed by atoms with E-state index in [1.807, 2.05) is 6.92 Å². The van der Waals surface area contributed by atoms with Crippen molar-refractivity contribution in [2.75, 3.05) is 0 Å². The third kappa shape index (κ3) is 2.27. The summed E-state index contributed by atoms with van der Waals surface area (Å²) >= 11 is 7.62. The van der Waals surface area contributed by atoms with Crippen molar-refractivity contribution in [3.63, 3.8) is 0 Å². The van der Waals surface area contributed by atoms with Crippen molar-refractivity contribution < 1.29 is 4.39 Å². The molecule has 0 aromatic carbocycles. The van der Waals surface area contributed by atoms with Gasteiger partial charge in [0.1, 0.15) is 5.82 Å². The summed E-state index contributed by atoms with van der Waals surface area (Å²) in [6.07, 6.45) is 1.45. The molecule has 1 unspecified atom stereocenters. The van der Waals surface area contributed by atoms with E-state index in [9.17, 15) is 4.39 Å². The predicted molar refractivity (Wildman–Crippen MR) is 51.6 cm³/mol. The molecule has 1 rings (SSSR count). The summed E-state index contributed by atoms with van der Waals surface area (Å²) < 4.78 is 13.0. The third-order valence-corrected chi connectivity index (χ3v) is 2.01. The van der Waals surface area contributed by atoms with Gasteiger partial charge in [-0.2, -0.15) is 0 Å². The van der Waals surface area contributed by atoms with E-state index in [4.69, 9.17) is 11.6 Å². The zero-order chi connectivity index (χ0) is 8.43. The summed E-state index contributed by atoms with van der Waals surface area (Å²) in [4.78, 5) is 3.86. The Labute approximate surface area is 83.1 Å². The summed E-state index contributed by atoms with van der Waals surface area (Å²) in [7, 11) is 0. The largest absolute Gasteiger partial charge is 0.256 e. The molecule has 0 aliphatic heterocycles. The molecular weight excluding hydrogens is 279 g/mol. The van der Waals surface area contributed by atoms with Crippen LogP contribution in [0.1, 0.15) is 16.5 Å². The maximum atomic E-state index is 12.9. The summed E-state index contributed by atoms with van der Waals surface area (Å²) in [5, 5.41) is 0.336. The highest BCUT2D eigenvalue weighted by Crippen LogP contribution is 2.24. The van der Waals surface area contributed by atoms with Crippen LogP contribution in [0.2, 0.25) is 5.02 Å². The Balaban J connectivity index is 3.09. The molecule has 11 heavy (non-hydrogen) atoms. The maximum Gasteiger partial charge on any atom is 0.147 e. The molecule has 0 aliphatic carbocycles. The number of rotatable bonds is 1. The Bertz CT molecular complexity index is 265. The second-order valence-corrected chi connectivity index (χ2v) is 4.44. The van der Waals surface area contributed by atoms with Crippen molar-refractivity contribution in [1.82, 2.24) is 4.98 Å². The van der Waals surface area contributed by atoms with Gasteiger partial charge >= 0.3 is 0 Å². The molecule has 1 heterocycles. The molecular formula is C7H6ClFIN. The highest BCUT2D eigenvalue weighted by molar-refractivity contribution is 14.1. The molecule has 0 fully saturated rings. The van der Waals surface area contributed by atoms with Crippen molar-refractivity contribution in [1.29, 1.82) is 0 Å².